The summed E-state index contributed by atoms with van der Waals surface area (Å²) < 4.78 is 0. The zero-order valence-corrected chi connectivity index (χ0v) is 12.3. The highest BCUT2D eigenvalue weighted by atomic mass is 16.3. The van der Waals surface area contributed by atoms with Crippen LogP contribution < -0.4 is 10.6 Å². The van der Waals surface area contributed by atoms with Crippen LogP contribution in [0, 0.1) is 11.8 Å². The van der Waals surface area contributed by atoms with E-state index in [2.05, 4.69) is 10.6 Å². The zero-order chi connectivity index (χ0) is 13.9. The Hall–Kier alpha value is -0.610. The Balaban J connectivity index is 1.37. The van der Waals surface area contributed by atoms with Crippen LogP contribution in [0.2, 0.25) is 0 Å². The van der Waals surface area contributed by atoms with Gasteiger partial charge in [0.25, 0.3) is 0 Å². The molecule has 0 aromatic carbocycles. The highest BCUT2D eigenvalue weighted by Crippen LogP contribution is 2.32. The molecular weight excluding hydrogens is 252 g/mol. The van der Waals surface area contributed by atoms with Crippen molar-refractivity contribution in [1.82, 2.24) is 10.6 Å². The molecule has 1 saturated carbocycles. The number of carbonyl (C=O) groups excluding carboxylic acids is 1. The number of fused-ring (bicyclic) bond motifs is 2. The fourth-order valence-electron chi connectivity index (χ4n) is 4.38. The molecule has 1 aliphatic carbocycles. The Kier molecular flexibility index (Phi) is 4.61. The van der Waals surface area contributed by atoms with Crippen LogP contribution in [-0.4, -0.2) is 35.7 Å². The van der Waals surface area contributed by atoms with Gasteiger partial charge in [0.05, 0.1) is 6.10 Å². The van der Waals surface area contributed by atoms with E-state index in [4.69, 9.17) is 0 Å². The van der Waals surface area contributed by atoms with Crippen LogP contribution in [0.25, 0.3) is 0 Å². The van der Waals surface area contributed by atoms with E-state index in [0.29, 0.717) is 30.3 Å². The lowest BCUT2D eigenvalue weighted by Crippen LogP contribution is -2.40. The lowest BCUT2D eigenvalue weighted by atomic mass is 9.87. The number of piperidine rings is 1. The summed E-state index contributed by atoms with van der Waals surface area (Å²) in [4.78, 5) is 12.1. The van der Waals surface area contributed by atoms with Gasteiger partial charge in [0.15, 0.2) is 0 Å². The maximum Gasteiger partial charge on any atom is 0.220 e. The first-order chi connectivity index (χ1) is 9.69. The van der Waals surface area contributed by atoms with Crippen LogP contribution in [0.4, 0.5) is 0 Å². The molecule has 2 heterocycles. The minimum Gasteiger partial charge on any atom is -0.393 e. The third-order valence-corrected chi connectivity index (χ3v) is 5.39. The van der Waals surface area contributed by atoms with Gasteiger partial charge in [0.1, 0.15) is 0 Å². The van der Waals surface area contributed by atoms with Crippen LogP contribution in [-0.2, 0) is 4.79 Å². The van der Waals surface area contributed by atoms with Gasteiger partial charge in [-0.25, -0.2) is 0 Å². The van der Waals surface area contributed by atoms with E-state index in [9.17, 15) is 9.90 Å². The van der Waals surface area contributed by atoms with E-state index in [1.54, 1.807) is 0 Å². The van der Waals surface area contributed by atoms with Crippen LogP contribution in [0.5, 0.6) is 0 Å². The first kappa shape index (κ1) is 14.3. The second kappa shape index (κ2) is 6.44. The third kappa shape index (κ3) is 3.73. The normalized spacial score (nSPS) is 40.5. The molecule has 4 unspecified atom stereocenters. The number of hydrogen-bond acceptors (Lipinski definition) is 3. The zero-order valence-electron chi connectivity index (χ0n) is 12.3. The van der Waals surface area contributed by atoms with Crippen molar-refractivity contribution in [3.63, 3.8) is 0 Å². The number of rotatable bonds is 4. The van der Waals surface area contributed by atoms with Gasteiger partial charge in [0.2, 0.25) is 5.91 Å². The molecule has 4 heteroatoms. The predicted octanol–water partition coefficient (Wildman–Crippen LogP) is 1.57. The van der Waals surface area contributed by atoms with Crippen LogP contribution in [0.1, 0.15) is 57.8 Å². The molecule has 4 nitrogen and oxygen atoms in total. The molecule has 20 heavy (non-hydrogen) atoms. The lowest BCUT2D eigenvalue weighted by molar-refractivity contribution is -0.122. The Morgan fingerprint density at radius 1 is 1.05 bits per heavy atom. The largest absolute Gasteiger partial charge is 0.393 e. The molecule has 4 atom stereocenters. The molecule has 0 spiro atoms. The first-order valence-electron chi connectivity index (χ1n) is 8.40. The Labute approximate surface area is 121 Å². The predicted molar refractivity (Wildman–Crippen MR) is 78.3 cm³/mol. The molecule has 2 aliphatic heterocycles. The van der Waals surface area contributed by atoms with E-state index in [0.717, 1.165) is 32.2 Å². The molecule has 0 aromatic rings. The van der Waals surface area contributed by atoms with Gasteiger partial charge in [-0.15, -0.1) is 0 Å². The van der Waals surface area contributed by atoms with Gasteiger partial charge in [-0.1, -0.05) is 6.42 Å². The number of hydrogen-bond donors (Lipinski definition) is 3. The monoisotopic (exact) mass is 280 g/mol. The third-order valence-electron chi connectivity index (χ3n) is 5.39. The molecule has 114 valence electrons. The van der Waals surface area contributed by atoms with E-state index in [-0.39, 0.29) is 12.0 Å². The summed E-state index contributed by atoms with van der Waals surface area (Å²) in [5, 5.41) is 16.4. The number of aliphatic hydroxyl groups excluding tert-OH is 1. The molecule has 3 fully saturated rings. The molecule has 2 saturated heterocycles. The summed E-state index contributed by atoms with van der Waals surface area (Å²) >= 11 is 0. The van der Waals surface area contributed by atoms with Crippen molar-refractivity contribution in [2.24, 2.45) is 11.8 Å². The average Bonchev–Trinajstić information content (AvgIpc) is 2.76. The number of carbonyl (C=O) groups is 1. The van der Waals surface area contributed by atoms with Crippen molar-refractivity contribution in [3.05, 3.63) is 0 Å². The highest BCUT2D eigenvalue weighted by Gasteiger charge is 2.34. The van der Waals surface area contributed by atoms with E-state index in [1.807, 2.05) is 0 Å². The van der Waals surface area contributed by atoms with Gasteiger partial charge in [-0.3, -0.25) is 4.79 Å². The fraction of sp³-hybridized carbons (Fsp3) is 0.938. The summed E-state index contributed by atoms with van der Waals surface area (Å²) in [6, 6.07) is 1.33. The summed E-state index contributed by atoms with van der Waals surface area (Å²) in [6.07, 6.45) is 9.52. The topological polar surface area (TPSA) is 61.4 Å². The molecule has 2 bridgehead atoms. The maximum atomic E-state index is 12.1. The maximum absolute atomic E-state index is 12.1. The van der Waals surface area contributed by atoms with Gasteiger partial charge in [-0.2, -0.15) is 0 Å². The smallest absolute Gasteiger partial charge is 0.220 e. The Morgan fingerprint density at radius 2 is 1.80 bits per heavy atom. The molecule has 1 amide bonds. The minimum atomic E-state index is -0.148. The average molecular weight is 280 g/mol. The molecule has 3 aliphatic rings. The van der Waals surface area contributed by atoms with Crippen molar-refractivity contribution in [3.8, 4) is 0 Å². The number of amides is 1. The Morgan fingerprint density at radius 3 is 2.50 bits per heavy atom. The molecule has 3 rings (SSSR count). The van der Waals surface area contributed by atoms with E-state index >= 15 is 0 Å². The SMILES string of the molecule is O=C(CC1CC2CCC(C1)N2)NCC1CCCC(O)C1. The molecular formula is C16H28N2O2. The number of nitrogens with one attached hydrogen (secondary N) is 2. The molecule has 0 radical (unpaired) electrons. The van der Waals surface area contributed by atoms with Crippen LogP contribution in [0.15, 0.2) is 0 Å². The van der Waals surface area contributed by atoms with Gasteiger partial charge < -0.3 is 15.7 Å². The lowest BCUT2D eigenvalue weighted by Gasteiger charge is -2.29. The summed E-state index contributed by atoms with van der Waals surface area (Å²) in [7, 11) is 0. The standard InChI is InChI=1S/C16H28N2O2/c19-15-3-1-2-11(8-15)10-17-16(20)9-12-6-13-4-5-14(7-12)18-13/h11-15,18-19H,1-10H2,(H,17,20). The van der Waals surface area contributed by atoms with Crippen molar-refractivity contribution in [1.29, 1.82) is 0 Å². The Bertz CT molecular complexity index is 335. The van der Waals surface area contributed by atoms with Crippen molar-refractivity contribution in [2.45, 2.75) is 76.0 Å². The highest BCUT2D eigenvalue weighted by molar-refractivity contribution is 5.76. The van der Waals surface area contributed by atoms with Crippen molar-refractivity contribution in [2.75, 3.05) is 6.54 Å². The van der Waals surface area contributed by atoms with Crippen molar-refractivity contribution < 1.29 is 9.90 Å². The quantitative estimate of drug-likeness (QED) is 0.732. The van der Waals surface area contributed by atoms with Gasteiger partial charge in [-0.05, 0) is 56.8 Å². The summed E-state index contributed by atoms with van der Waals surface area (Å²) in [5.41, 5.74) is 0. The van der Waals surface area contributed by atoms with E-state index < -0.39 is 0 Å². The summed E-state index contributed by atoms with van der Waals surface area (Å²) in [6.45, 7) is 0.758. The number of aliphatic hydroxyl groups is 1. The second-order valence-electron chi connectivity index (χ2n) is 7.17. The first-order valence-corrected chi connectivity index (χ1v) is 8.40. The summed E-state index contributed by atoms with van der Waals surface area (Å²) in [5.74, 6) is 1.27. The fourth-order valence-corrected chi connectivity index (χ4v) is 4.38. The van der Waals surface area contributed by atoms with Crippen molar-refractivity contribution >= 4 is 5.91 Å². The molecule has 0 aromatic heterocycles. The van der Waals surface area contributed by atoms with Crippen LogP contribution >= 0.6 is 0 Å². The van der Waals surface area contributed by atoms with Gasteiger partial charge >= 0.3 is 0 Å². The minimum absolute atomic E-state index is 0.148. The van der Waals surface area contributed by atoms with Crippen LogP contribution in [0.3, 0.4) is 0 Å². The van der Waals surface area contributed by atoms with Gasteiger partial charge in [0, 0.05) is 25.0 Å². The second-order valence-corrected chi connectivity index (χ2v) is 7.17. The molecule has 3 N–H and O–H groups in total. The van der Waals surface area contributed by atoms with E-state index in [1.165, 1.54) is 25.7 Å².